The predicted octanol–water partition coefficient (Wildman–Crippen LogP) is 2.63. The second kappa shape index (κ2) is 8.35. The average molecular weight is 321 g/mol. The van der Waals surface area contributed by atoms with Crippen molar-refractivity contribution in [2.75, 3.05) is 13.2 Å². The van der Waals surface area contributed by atoms with E-state index in [9.17, 15) is 4.79 Å². The highest BCUT2D eigenvalue weighted by Crippen LogP contribution is 2.17. The molecule has 0 spiro atoms. The number of benzene rings is 1. The van der Waals surface area contributed by atoms with Crippen molar-refractivity contribution >= 4 is 29.9 Å². The van der Waals surface area contributed by atoms with Gasteiger partial charge in [-0.1, -0.05) is 38.4 Å². The van der Waals surface area contributed by atoms with Crippen molar-refractivity contribution in [1.29, 1.82) is 0 Å². The van der Waals surface area contributed by atoms with Crippen LogP contribution >= 0.6 is 24.0 Å². The molecule has 0 aliphatic carbocycles. The SMILES string of the molecule is CC(C)(C)[C@H](N)C(=O)NCCOc1cccc(Cl)c1.Cl. The molecule has 0 aromatic heterocycles. The number of halogens is 2. The van der Waals surface area contributed by atoms with E-state index in [1.807, 2.05) is 32.9 Å². The molecule has 0 radical (unpaired) electrons. The lowest BCUT2D eigenvalue weighted by Crippen LogP contribution is -2.49. The summed E-state index contributed by atoms with van der Waals surface area (Å²) in [7, 11) is 0. The molecule has 20 heavy (non-hydrogen) atoms. The molecular formula is C14H22Cl2N2O2. The fourth-order valence-electron chi connectivity index (χ4n) is 1.40. The molecule has 1 aromatic carbocycles. The molecule has 1 amide bonds. The highest BCUT2D eigenvalue weighted by molar-refractivity contribution is 6.30. The zero-order valence-corrected chi connectivity index (χ0v) is 13.6. The van der Waals surface area contributed by atoms with E-state index in [1.165, 1.54) is 0 Å². The third-order valence-electron chi connectivity index (χ3n) is 2.68. The van der Waals surface area contributed by atoms with Gasteiger partial charge < -0.3 is 15.8 Å². The Bertz CT molecular complexity index is 433. The van der Waals surface area contributed by atoms with Gasteiger partial charge in [-0.2, -0.15) is 0 Å². The first-order valence-corrected chi connectivity index (χ1v) is 6.60. The molecule has 0 saturated carbocycles. The van der Waals surface area contributed by atoms with E-state index in [4.69, 9.17) is 22.1 Å². The molecule has 0 aliphatic heterocycles. The molecule has 4 nitrogen and oxygen atoms in total. The zero-order valence-electron chi connectivity index (χ0n) is 12.0. The van der Waals surface area contributed by atoms with E-state index in [1.54, 1.807) is 12.1 Å². The maximum Gasteiger partial charge on any atom is 0.237 e. The van der Waals surface area contributed by atoms with Crippen LogP contribution in [0.15, 0.2) is 24.3 Å². The highest BCUT2D eigenvalue weighted by atomic mass is 35.5. The topological polar surface area (TPSA) is 64.4 Å². The lowest BCUT2D eigenvalue weighted by molar-refractivity contribution is -0.124. The molecule has 1 atom stereocenters. The van der Waals surface area contributed by atoms with Gasteiger partial charge in [0.1, 0.15) is 12.4 Å². The van der Waals surface area contributed by atoms with E-state index in [2.05, 4.69) is 5.32 Å². The average Bonchev–Trinajstić information content (AvgIpc) is 2.32. The molecule has 0 saturated heterocycles. The van der Waals surface area contributed by atoms with Gasteiger partial charge in [-0.05, 0) is 23.6 Å². The number of nitrogens with one attached hydrogen (secondary N) is 1. The zero-order chi connectivity index (χ0) is 14.5. The van der Waals surface area contributed by atoms with E-state index < -0.39 is 6.04 Å². The highest BCUT2D eigenvalue weighted by Gasteiger charge is 2.26. The number of carbonyl (C=O) groups is 1. The van der Waals surface area contributed by atoms with Gasteiger partial charge in [-0.3, -0.25) is 4.79 Å². The first-order valence-electron chi connectivity index (χ1n) is 6.22. The van der Waals surface area contributed by atoms with Crippen molar-refractivity contribution in [3.63, 3.8) is 0 Å². The van der Waals surface area contributed by atoms with Crippen LogP contribution in [0.4, 0.5) is 0 Å². The smallest absolute Gasteiger partial charge is 0.237 e. The first kappa shape index (κ1) is 19.0. The summed E-state index contributed by atoms with van der Waals surface area (Å²) in [6, 6.07) is 6.60. The Hall–Kier alpha value is -0.970. The van der Waals surface area contributed by atoms with Crippen molar-refractivity contribution in [1.82, 2.24) is 5.32 Å². The number of amides is 1. The monoisotopic (exact) mass is 320 g/mol. The van der Waals surface area contributed by atoms with Crippen molar-refractivity contribution in [2.45, 2.75) is 26.8 Å². The second-order valence-corrected chi connectivity index (χ2v) is 5.88. The summed E-state index contributed by atoms with van der Waals surface area (Å²) in [5.41, 5.74) is 5.59. The fourth-order valence-corrected chi connectivity index (χ4v) is 1.58. The quantitative estimate of drug-likeness (QED) is 0.820. The van der Waals surface area contributed by atoms with Gasteiger partial charge in [-0.25, -0.2) is 0 Å². The summed E-state index contributed by atoms with van der Waals surface area (Å²) in [5, 5.41) is 3.37. The van der Waals surface area contributed by atoms with Gasteiger partial charge in [0, 0.05) is 5.02 Å². The number of carbonyl (C=O) groups excluding carboxylic acids is 1. The van der Waals surface area contributed by atoms with Crippen LogP contribution < -0.4 is 15.8 Å². The number of rotatable bonds is 5. The second-order valence-electron chi connectivity index (χ2n) is 5.44. The van der Waals surface area contributed by atoms with Crippen LogP contribution in [0, 0.1) is 5.41 Å². The molecule has 1 rings (SSSR count). The Balaban J connectivity index is 0.00000361. The number of nitrogens with two attached hydrogens (primary N) is 1. The van der Waals surface area contributed by atoms with Crippen LogP contribution in [-0.2, 0) is 4.79 Å². The van der Waals surface area contributed by atoms with Gasteiger partial charge in [0.25, 0.3) is 0 Å². The molecular weight excluding hydrogens is 299 g/mol. The molecule has 6 heteroatoms. The summed E-state index contributed by atoms with van der Waals surface area (Å²) in [6.45, 7) is 6.58. The van der Waals surface area contributed by atoms with Gasteiger partial charge in [-0.15, -0.1) is 12.4 Å². The van der Waals surface area contributed by atoms with E-state index in [0.29, 0.717) is 23.9 Å². The number of ether oxygens (including phenoxy) is 1. The predicted molar refractivity (Wildman–Crippen MR) is 84.6 cm³/mol. The standard InChI is InChI=1S/C14H21ClN2O2.ClH/c1-14(2,3)12(16)13(18)17-7-8-19-11-6-4-5-10(15)9-11;/h4-6,9,12H,7-8,16H2,1-3H3,(H,17,18);1H/t12-;/m1./s1. The molecule has 114 valence electrons. The molecule has 0 unspecified atom stereocenters. The number of hydrogen-bond acceptors (Lipinski definition) is 3. The van der Waals surface area contributed by atoms with Crippen LogP contribution in [0.5, 0.6) is 5.75 Å². The van der Waals surface area contributed by atoms with Crippen LogP contribution in [-0.4, -0.2) is 25.1 Å². The van der Waals surface area contributed by atoms with Crippen molar-refractivity contribution in [3.8, 4) is 5.75 Å². The molecule has 3 N–H and O–H groups in total. The Labute approximate surface area is 131 Å². The minimum atomic E-state index is -0.529. The van der Waals surface area contributed by atoms with Crippen molar-refractivity contribution < 1.29 is 9.53 Å². The van der Waals surface area contributed by atoms with E-state index in [0.717, 1.165) is 0 Å². The summed E-state index contributed by atoms with van der Waals surface area (Å²) in [6.07, 6.45) is 0. The lowest BCUT2D eigenvalue weighted by Gasteiger charge is -2.25. The van der Waals surface area contributed by atoms with Crippen molar-refractivity contribution in [3.05, 3.63) is 29.3 Å². The minimum Gasteiger partial charge on any atom is -0.492 e. The molecule has 1 aromatic rings. The molecule has 0 bridgehead atoms. The van der Waals surface area contributed by atoms with Crippen LogP contribution in [0.1, 0.15) is 20.8 Å². The largest absolute Gasteiger partial charge is 0.492 e. The Morgan fingerprint density at radius 2 is 2.10 bits per heavy atom. The molecule has 0 heterocycles. The maximum atomic E-state index is 11.7. The summed E-state index contributed by atoms with van der Waals surface area (Å²) < 4.78 is 5.46. The van der Waals surface area contributed by atoms with Gasteiger partial charge in [0.2, 0.25) is 5.91 Å². The Kier molecular flexibility index (Phi) is 7.94. The Morgan fingerprint density at radius 3 is 2.65 bits per heavy atom. The van der Waals surface area contributed by atoms with Crippen LogP contribution in [0.25, 0.3) is 0 Å². The molecule has 0 aliphatic rings. The first-order chi connectivity index (χ1) is 8.80. The summed E-state index contributed by atoms with van der Waals surface area (Å²) in [5.74, 6) is 0.518. The van der Waals surface area contributed by atoms with Crippen LogP contribution in [0.3, 0.4) is 0 Å². The third kappa shape index (κ3) is 6.46. The fraction of sp³-hybridized carbons (Fsp3) is 0.500. The molecule has 0 fully saturated rings. The van der Waals surface area contributed by atoms with Gasteiger partial charge >= 0.3 is 0 Å². The summed E-state index contributed by atoms with van der Waals surface area (Å²) in [4.78, 5) is 11.7. The summed E-state index contributed by atoms with van der Waals surface area (Å²) >= 11 is 5.83. The van der Waals surface area contributed by atoms with Gasteiger partial charge in [0.05, 0.1) is 12.6 Å². The van der Waals surface area contributed by atoms with E-state index in [-0.39, 0.29) is 23.7 Å². The normalized spacial score (nSPS) is 12.2. The van der Waals surface area contributed by atoms with Crippen molar-refractivity contribution in [2.24, 2.45) is 11.1 Å². The lowest BCUT2D eigenvalue weighted by atomic mass is 9.87. The van der Waals surface area contributed by atoms with Crippen LogP contribution in [0.2, 0.25) is 5.02 Å². The number of hydrogen-bond donors (Lipinski definition) is 2. The Morgan fingerprint density at radius 1 is 1.45 bits per heavy atom. The minimum absolute atomic E-state index is 0. The maximum absolute atomic E-state index is 11.7. The third-order valence-corrected chi connectivity index (χ3v) is 2.92. The van der Waals surface area contributed by atoms with Gasteiger partial charge in [0.15, 0.2) is 0 Å². The van der Waals surface area contributed by atoms with E-state index >= 15 is 0 Å².